The summed E-state index contributed by atoms with van der Waals surface area (Å²) >= 11 is 0. The lowest BCUT2D eigenvalue weighted by Gasteiger charge is -2.10. The molecule has 0 aromatic heterocycles. The van der Waals surface area contributed by atoms with Gasteiger partial charge in [-0.05, 0) is 55.0 Å². The summed E-state index contributed by atoms with van der Waals surface area (Å²) in [5.74, 6) is -0.527. The highest BCUT2D eigenvalue weighted by Crippen LogP contribution is 2.18. The molecule has 3 aromatic rings. The Hall–Kier alpha value is -4.86. The lowest BCUT2D eigenvalue weighted by molar-refractivity contribution is -0.136. The number of amides is 3. The van der Waals surface area contributed by atoms with E-state index >= 15 is 0 Å². The Morgan fingerprint density at radius 2 is 1.62 bits per heavy atom. The van der Waals surface area contributed by atoms with Gasteiger partial charge >= 0.3 is 11.8 Å². The zero-order chi connectivity index (χ0) is 26.5. The number of carbonyl (C=O) groups is 3. The SMILES string of the molecule is CCCOc1ccc(NC(=O)C(=O)N/N=C\c2ccccc2OCC(=O)Nc2cccc(OC)c2)cc1. The molecule has 0 unspecified atom stereocenters. The van der Waals surface area contributed by atoms with Gasteiger partial charge in [-0.3, -0.25) is 14.4 Å². The van der Waals surface area contributed by atoms with E-state index in [2.05, 4.69) is 21.2 Å². The minimum absolute atomic E-state index is 0.251. The lowest BCUT2D eigenvalue weighted by Crippen LogP contribution is -2.32. The van der Waals surface area contributed by atoms with Crippen molar-refractivity contribution in [3.05, 3.63) is 78.4 Å². The largest absolute Gasteiger partial charge is 0.497 e. The van der Waals surface area contributed by atoms with Crippen molar-refractivity contribution in [2.75, 3.05) is 31.0 Å². The fourth-order valence-electron chi connectivity index (χ4n) is 3.01. The number of carbonyl (C=O) groups excluding carboxylic acids is 3. The van der Waals surface area contributed by atoms with E-state index in [1.807, 2.05) is 6.92 Å². The molecule has 0 bridgehead atoms. The monoisotopic (exact) mass is 504 g/mol. The van der Waals surface area contributed by atoms with E-state index < -0.39 is 11.8 Å². The molecule has 0 spiro atoms. The number of para-hydroxylation sites is 1. The fraction of sp³-hybridized carbons (Fsp3) is 0.185. The van der Waals surface area contributed by atoms with Crippen molar-refractivity contribution in [1.82, 2.24) is 5.43 Å². The van der Waals surface area contributed by atoms with Gasteiger partial charge in [-0.15, -0.1) is 0 Å². The van der Waals surface area contributed by atoms with Gasteiger partial charge in [0, 0.05) is 23.0 Å². The molecule has 0 aliphatic carbocycles. The van der Waals surface area contributed by atoms with Crippen LogP contribution in [0.4, 0.5) is 11.4 Å². The van der Waals surface area contributed by atoms with E-state index in [1.54, 1.807) is 79.9 Å². The van der Waals surface area contributed by atoms with Crippen molar-refractivity contribution in [1.29, 1.82) is 0 Å². The maximum absolute atomic E-state index is 12.3. The maximum atomic E-state index is 12.3. The molecule has 0 atom stereocenters. The van der Waals surface area contributed by atoms with Gasteiger partial charge in [-0.2, -0.15) is 5.10 Å². The number of anilines is 2. The summed E-state index contributed by atoms with van der Waals surface area (Å²) in [5, 5.41) is 9.04. The molecule has 3 rings (SSSR count). The number of rotatable bonds is 11. The predicted molar refractivity (Wildman–Crippen MR) is 140 cm³/mol. The molecule has 3 amide bonds. The van der Waals surface area contributed by atoms with Crippen LogP contribution in [0.25, 0.3) is 0 Å². The molecule has 0 saturated heterocycles. The van der Waals surface area contributed by atoms with E-state index in [0.29, 0.717) is 40.8 Å². The minimum atomic E-state index is -0.946. The van der Waals surface area contributed by atoms with Crippen molar-refractivity contribution in [2.45, 2.75) is 13.3 Å². The normalized spacial score (nSPS) is 10.4. The first-order valence-corrected chi connectivity index (χ1v) is 11.5. The van der Waals surface area contributed by atoms with Gasteiger partial charge in [0.1, 0.15) is 17.2 Å². The molecule has 3 N–H and O–H groups in total. The topological polar surface area (TPSA) is 127 Å². The van der Waals surface area contributed by atoms with Crippen LogP contribution in [0.5, 0.6) is 17.2 Å². The Morgan fingerprint density at radius 1 is 0.838 bits per heavy atom. The Bertz CT molecular complexity index is 1240. The van der Waals surface area contributed by atoms with E-state index in [4.69, 9.17) is 14.2 Å². The lowest BCUT2D eigenvalue weighted by atomic mass is 10.2. The number of benzene rings is 3. The summed E-state index contributed by atoms with van der Waals surface area (Å²) in [7, 11) is 1.54. The molecule has 0 radical (unpaired) electrons. The van der Waals surface area contributed by atoms with Crippen LogP contribution in [0.15, 0.2) is 77.9 Å². The number of hydrogen-bond donors (Lipinski definition) is 3. The summed E-state index contributed by atoms with van der Waals surface area (Å²) in [6.45, 7) is 2.35. The molecule has 192 valence electrons. The van der Waals surface area contributed by atoms with Crippen LogP contribution in [0, 0.1) is 0 Å². The molecule has 0 saturated carbocycles. The Balaban J connectivity index is 1.50. The van der Waals surface area contributed by atoms with Gasteiger partial charge < -0.3 is 24.8 Å². The number of nitrogens with one attached hydrogen (secondary N) is 3. The van der Waals surface area contributed by atoms with Gasteiger partial charge in [0.15, 0.2) is 6.61 Å². The molecule has 3 aromatic carbocycles. The van der Waals surface area contributed by atoms with Crippen LogP contribution in [0.1, 0.15) is 18.9 Å². The van der Waals surface area contributed by atoms with Crippen molar-refractivity contribution < 1.29 is 28.6 Å². The number of hydrazone groups is 1. The summed E-state index contributed by atoms with van der Waals surface area (Å²) in [5.41, 5.74) is 3.69. The molecule has 0 aliphatic heterocycles. The molecular formula is C27H28N4O6. The van der Waals surface area contributed by atoms with Gasteiger partial charge in [0.25, 0.3) is 5.91 Å². The van der Waals surface area contributed by atoms with Crippen LogP contribution >= 0.6 is 0 Å². The van der Waals surface area contributed by atoms with Crippen molar-refractivity contribution >= 4 is 35.3 Å². The third-order valence-electron chi connectivity index (χ3n) is 4.79. The van der Waals surface area contributed by atoms with Crippen molar-refractivity contribution in [3.63, 3.8) is 0 Å². The molecule has 0 aliphatic rings. The van der Waals surface area contributed by atoms with Crippen molar-refractivity contribution in [2.24, 2.45) is 5.10 Å². The van der Waals surface area contributed by atoms with Crippen LogP contribution in [-0.4, -0.2) is 44.3 Å². The molecule has 10 heteroatoms. The summed E-state index contributed by atoms with van der Waals surface area (Å²) in [6.07, 6.45) is 2.20. The van der Waals surface area contributed by atoms with Crippen molar-refractivity contribution in [3.8, 4) is 17.2 Å². The second-order valence-corrected chi connectivity index (χ2v) is 7.63. The summed E-state index contributed by atoms with van der Waals surface area (Å²) < 4.78 is 16.2. The first-order valence-electron chi connectivity index (χ1n) is 11.5. The molecule has 0 fully saturated rings. The van der Waals surface area contributed by atoms with Crippen LogP contribution in [-0.2, 0) is 14.4 Å². The van der Waals surface area contributed by atoms with Crippen LogP contribution in [0.2, 0.25) is 0 Å². The zero-order valence-electron chi connectivity index (χ0n) is 20.5. The number of methoxy groups -OCH3 is 1. The fourth-order valence-corrected chi connectivity index (χ4v) is 3.01. The molecular weight excluding hydrogens is 476 g/mol. The molecule has 10 nitrogen and oxygen atoms in total. The maximum Gasteiger partial charge on any atom is 0.329 e. The second-order valence-electron chi connectivity index (χ2n) is 7.63. The zero-order valence-corrected chi connectivity index (χ0v) is 20.5. The average molecular weight is 505 g/mol. The number of ether oxygens (including phenoxy) is 3. The predicted octanol–water partition coefficient (Wildman–Crippen LogP) is 3.59. The highest BCUT2D eigenvalue weighted by atomic mass is 16.5. The third-order valence-corrected chi connectivity index (χ3v) is 4.79. The molecule has 37 heavy (non-hydrogen) atoms. The summed E-state index contributed by atoms with van der Waals surface area (Å²) in [4.78, 5) is 36.5. The van der Waals surface area contributed by atoms with Gasteiger partial charge in [0.2, 0.25) is 0 Å². The van der Waals surface area contributed by atoms with Gasteiger partial charge in [-0.25, -0.2) is 5.43 Å². The number of hydrogen-bond acceptors (Lipinski definition) is 7. The number of nitrogens with zero attached hydrogens (tertiary/aromatic N) is 1. The Morgan fingerprint density at radius 3 is 2.38 bits per heavy atom. The van der Waals surface area contributed by atoms with E-state index in [0.717, 1.165) is 6.42 Å². The average Bonchev–Trinajstić information content (AvgIpc) is 2.92. The third kappa shape index (κ3) is 8.70. The quantitative estimate of drug-likeness (QED) is 0.208. The van der Waals surface area contributed by atoms with Crippen LogP contribution in [0.3, 0.4) is 0 Å². The molecule has 0 heterocycles. The first kappa shape index (κ1) is 26.7. The van der Waals surface area contributed by atoms with Gasteiger partial charge in [-0.1, -0.05) is 25.1 Å². The Labute approximate surface area is 214 Å². The minimum Gasteiger partial charge on any atom is -0.497 e. The second kappa shape index (κ2) is 13.9. The first-order chi connectivity index (χ1) is 18.0. The Kier molecular flexibility index (Phi) is 10.0. The van der Waals surface area contributed by atoms with Gasteiger partial charge in [0.05, 0.1) is 19.9 Å². The van der Waals surface area contributed by atoms with E-state index in [9.17, 15) is 14.4 Å². The standard InChI is InChI=1S/C27H28N4O6/c1-3-15-36-22-13-11-20(12-14-22)30-26(33)27(34)31-28-17-19-7-4-5-10-24(19)37-18-25(32)29-21-8-6-9-23(16-21)35-2/h4-14,16-17H,3,15,18H2,1-2H3,(H,29,32)(H,30,33)(H,31,34)/b28-17-. The highest BCUT2D eigenvalue weighted by Gasteiger charge is 2.13. The smallest absolute Gasteiger partial charge is 0.329 e. The van der Waals surface area contributed by atoms with Crippen LogP contribution < -0.4 is 30.3 Å². The highest BCUT2D eigenvalue weighted by molar-refractivity contribution is 6.39. The van der Waals surface area contributed by atoms with E-state index in [1.165, 1.54) is 6.21 Å². The summed E-state index contributed by atoms with van der Waals surface area (Å²) in [6, 6.07) is 20.4. The van der Waals surface area contributed by atoms with E-state index in [-0.39, 0.29) is 12.5 Å².